The van der Waals surface area contributed by atoms with E-state index in [9.17, 15) is 9.59 Å². The van der Waals surface area contributed by atoms with E-state index in [-0.39, 0.29) is 6.61 Å². The lowest BCUT2D eigenvalue weighted by atomic mass is 10.1. The molecular weight excluding hydrogens is 372 g/mol. The van der Waals surface area contributed by atoms with Crippen LogP contribution >= 0.6 is 0 Å². The molecule has 0 spiro atoms. The van der Waals surface area contributed by atoms with Gasteiger partial charge in [0.15, 0.2) is 18.1 Å². The minimum Gasteiger partial charge on any atom is -0.493 e. The highest BCUT2D eigenvalue weighted by molar-refractivity contribution is 5.96. The number of unbranched alkanes of at least 4 members (excludes halogenated alkanes) is 1. The molecule has 0 saturated carbocycles. The van der Waals surface area contributed by atoms with E-state index in [0.717, 1.165) is 24.0 Å². The minimum absolute atomic E-state index is 0.209. The van der Waals surface area contributed by atoms with Crippen LogP contribution in [0.4, 0.5) is 0 Å². The van der Waals surface area contributed by atoms with Gasteiger partial charge < -0.3 is 14.2 Å². The second-order valence-corrected chi connectivity index (χ2v) is 6.58. The number of rotatable bonds is 9. The van der Waals surface area contributed by atoms with Gasteiger partial charge in [0.1, 0.15) is 5.75 Å². The Labute approximate surface area is 171 Å². The van der Waals surface area contributed by atoms with Crippen molar-refractivity contribution in [1.29, 1.82) is 0 Å². The van der Waals surface area contributed by atoms with Gasteiger partial charge in [-0.25, -0.2) is 0 Å². The Kier molecular flexibility index (Phi) is 8.33. The van der Waals surface area contributed by atoms with Crippen LogP contribution in [0.15, 0.2) is 36.4 Å². The molecule has 0 unspecified atom stereocenters. The van der Waals surface area contributed by atoms with Crippen LogP contribution in [0.25, 0.3) is 0 Å². The standard InChI is InChI=1S/C22H28N2O5/c1-5-6-12-28-18-11-10-17(13-19(18)27-4)22(26)24-23-20(25)14-29-21-15(2)8-7-9-16(21)3/h7-11,13H,5-6,12,14H2,1-4H3,(H,23,25)(H,24,26). The van der Waals surface area contributed by atoms with Crippen LogP contribution in [-0.4, -0.2) is 32.1 Å². The SMILES string of the molecule is CCCCOc1ccc(C(=O)NNC(=O)COc2c(C)cccc2C)cc1OC. The molecule has 2 amide bonds. The van der Waals surface area contributed by atoms with Crippen molar-refractivity contribution < 1.29 is 23.8 Å². The Morgan fingerprint density at radius 3 is 2.34 bits per heavy atom. The summed E-state index contributed by atoms with van der Waals surface area (Å²) in [6.45, 7) is 6.26. The summed E-state index contributed by atoms with van der Waals surface area (Å²) in [5.41, 5.74) is 6.93. The van der Waals surface area contributed by atoms with Crippen molar-refractivity contribution in [2.24, 2.45) is 0 Å². The van der Waals surface area contributed by atoms with E-state index in [1.165, 1.54) is 7.11 Å². The second-order valence-electron chi connectivity index (χ2n) is 6.58. The number of carbonyl (C=O) groups excluding carboxylic acids is 2. The fraction of sp³-hybridized carbons (Fsp3) is 0.364. The van der Waals surface area contributed by atoms with Gasteiger partial charge in [-0.3, -0.25) is 20.4 Å². The Morgan fingerprint density at radius 1 is 0.966 bits per heavy atom. The molecule has 156 valence electrons. The molecule has 7 heteroatoms. The first-order chi connectivity index (χ1) is 14.0. The lowest BCUT2D eigenvalue weighted by Crippen LogP contribution is -2.43. The average molecular weight is 400 g/mol. The number of aryl methyl sites for hydroxylation is 2. The second kappa shape index (κ2) is 10.9. The van der Waals surface area contributed by atoms with Crippen LogP contribution in [0.3, 0.4) is 0 Å². The van der Waals surface area contributed by atoms with Gasteiger partial charge in [-0.2, -0.15) is 0 Å². The van der Waals surface area contributed by atoms with Crippen molar-refractivity contribution in [2.45, 2.75) is 33.6 Å². The van der Waals surface area contributed by atoms with Gasteiger partial charge in [0.05, 0.1) is 13.7 Å². The number of hydrogen-bond donors (Lipinski definition) is 2. The molecular formula is C22H28N2O5. The van der Waals surface area contributed by atoms with E-state index < -0.39 is 11.8 Å². The van der Waals surface area contributed by atoms with E-state index in [1.807, 2.05) is 32.0 Å². The maximum atomic E-state index is 12.3. The Balaban J connectivity index is 1.88. The normalized spacial score (nSPS) is 10.2. The molecule has 0 aliphatic heterocycles. The van der Waals surface area contributed by atoms with Crippen LogP contribution in [-0.2, 0) is 4.79 Å². The van der Waals surface area contributed by atoms with Crippen LogP contribution in [0.5, 0.6) is 17.2 Å². The molecule has 29 heavy (non-hydrogen) atoms. The van der Waals surface area contributed by atoms with Crippen LogP contribution in [0.2, 0.25) is 0 Å². The van der Waals surface area contributed by atoms with Crippen molar-refractivity contribution in [3.05, 3.63) is 53.1 Å². The fourth-order valence-electron chi connectivity index (χ4n) is 2.65. The van der Waals surface area contributed by atoms with E-state index in [1.54, 1.807) is 18.2 Å². The molecule has 0 bridgehead atoms. The molecule has 0 atom stereocenters. The quantitative estimate of drug-likeness (QED) is 0.498. The number of amides is 2. The molecule has 0 fully saturated rings. The molecule has 0 heterocycles. The summed E-state index contributed by atoms with van der Waals surface area (Å²) in [7, 11) is 1.51. The van der Waals surface area contributed by atoms with Crippen molar-refractivity contribution >= 4 is 11.8 Å². The Morgan fingerprint density at radius 2 is 1.69 bits per heavy atom. The molecule has 2 aromatic rings. The van der Waals surface area contributed by atoms with E-state index in [0.29, 0.717) is 29.4 Å². The minimum atomic E-state index is -0.469. The highest BCUT2D eigenvalue weighted by atomic mass is 16.5. The molecule has 2 N–H and O–H groups in total. The first-order valence-corrected chi connectivity index (χ1v) is 9.55. The van der Waals surface area contributed by atoms with Crippen molar-refractivity contribution in [3.8, 4) is 17.2 Å². The van der Waals surface area contributed by atoms with Gasteiger partial charge in [-0.05, 0) is 49.6 Å². The van der Waals surface area contributed by atoms with E-state index in [4.69, 9.17) is 14.2 Å². The molecule has 0 aliphatic carbocycles. The predicted molar refractivity (Wildman–Crippen MR) is 110 cm³/mol. The van der Waals surface area contributed by atoms with Gasteiger partial charge >= 0.3 is 0 Å². The number of para-hydroxylation sites is 1. The first kappa shape index (κ1) is 22.1. The van der Waals surface area contributed by atoms with Crippen molar-refractivity contribution in [2.75, 3.05) is 20.3 Å². The third-order valence-electron chi connectivity index (χ3n) is 4.25. The molecule has 0 aromatic heterocycles. The van der Waals surface area contributed by atoms with Gasteiger partial charge in [0.2, 0.25) is 0 Å². The fourth-order valence-corrected chi connectivity index (χ4v) is 2.65. The van der Waals surface area contributed by atoms with Gasteiger partial charge in [-0.1, -0.05) is 31.5 Å². The summed E-state index contributed by atoms with van der Waals surface area (Å²) in [5.74, 6) is 0.760. The summed E-state index contributed by atoms with van der Waals surface area (Å²) >= 11 is 0. The maximum Gasteiger partial charge on any atom is 0.276 e. The monoisotopic (exact) mass is 400 g/mol. The number of methoxy groups -OCH3 is 1. The van der Waals surface area contributed by atoms with Crippen molar-refractivity contribution in [1.82, 2.24) is 10.9 Å². The summed E-state index contributed by atoms with van der Waals surface area (Å²) < 4.78 is 16.5. The number of ether oxygens (including phenoxy) is 3. The molecule has 2 rings (SSSR count). The summed E-state index contributed by atoms with van der Waals surface area (Å²) in [6, 6.07) is 10.6. The number of carbonyl (C=O) groups is 2. The third kappa shape index (κ3) is 6.41. The highest BCUT2D eigenvalue weighted by Crippen LogP contribution is 2.28. The highest BCUT2D eigenvalue weighted by Gasteiger charge is 2.13. The average Bonchev–Trinajstić information content (AvgIpc) is 2.72. The topological polar surface area (TPSA) is 85.9 Å². The van der Waals surface area contributed by atoms with Crippen LogP contribution in [0.1, 0.15) is 41.3 Å². The molecule has 2 aromatic carbocycles. The Bertz CT molecular complexity index is 831. The summed E-state index contributed by atoms with van der Waals surface area (Å²) in [6.07, 6.45) is 1.96. The maximum absolute atomic E-state index is 12.3. The van der Waals surface area contributed by atoms with Crippen LogP contribution in [0, 0.1) is 13.8 Å². The van der Waals surface area contributed by atoms with Crippen LogP contribution < -0.4 is 25.1 Å². The smallest absolute Gasteiger partial charge is 0.276 e. The number of nitrogens with one attached hydrogen (secondary N) is 2. The molecule has 0 radical (unpaired) electrons. The van der Waals surface area contributed by atoms with E-state index in [2.05, 4.69) is 17.8 Å². The lowest BCUT2D eigenvalue weighted by Gasteiger charge is -2.13. The zero-order valence-electron chi connectivity index (χ0n) is 17.3. The molecule has 7 nitrogen and oxygen atoms in total. The van der Waals surface area contributed by atoms with Crippen molar-refractivity contribution in [3.63, 3.8) is 0 Å². The van der Waals surface area contributed by atoms with Gasteiger partial charge in [-0.15, -0.1) is 0 Å². The van der Waals surface area contributed by atoms with Gasteiger partial charge in [0, 0.05) is 5.56 Å². The largest absolute Gasteiger partial charge is 0.493 e. The first-order valence-electron chi connectivity index (χ1n) is 9.55. The molecule has 0 saturated heterocycles. The summed E-state index contributed by atoms with van der Waals surface area (Å²) in [5, 5.41) is 0. The van der Waals surface area contributed by atoms with Gasteiger partial charge in [0.25, 0.3) is 11.8 Å². The number of hydrazine groups is 1. The predicted octanol–water partition coefficient (Wildman–Crippen LogP) is 3.33. The number of benzene rings is 2. The Hall–Kier alpha value is -3.22. The zero-order chi connectivity index (χ0) is 21.2. The zero-order valence-corrected chi connectivity index (χ0v) is 17.3. The lowest BCUT2D eigenvalue weighted by molar-refractivity contribution is -0.123. The summed E-state index contributed by atoms with van der Waals surface area (Å²) in [4.78, 5) is 24.3. The van der Waals surface area contributed by atoms with E-state index >= 15 is 0 Å². The number of hydrogen-bond acceptors (Lipinski definition) is 5. The third-order valence-corrected chi connectivity index (χ3v) is 4.25. The molecule has 0 aliphatic rings.